The van der Waals surface area contributed by atoms with Gasteiger partial charge in [0.25, 0.3) is 0 Å². The lowest BCUT2D eigenvalue weighted by molar-refractivity contribution is 0.179. The fourth-order valence-electron chi connectivity index (χ4n) is 3.70. The molecule has 0 radical (unpaired) electrons. The molecule has 2 heterocycles. The van der Waals surface area contributed by atoms with Gasteiger partial charge < -0.3 is 10.2 Å². The standard InChI is InChI=1S/C18H27N5.C6H5BrS/c1-4-22(5-2)18-15-8-6-7-9-16(15)20-17(21-18)14(3)23-12-10-19-11-13-23;7-5-1-3-6(8)4-2-5/h6-9,14,19H,4-5,10-13H2,1-3H3;1-4,8H. The Balaban J connectivity index is 0.000000287. The predicted molar refractivity (Wildman–Crippen MR) is 137 cm³/mol. The van der Waals surface area contributed by atoms with Crippen molar-refractivity contribution in [2.24, 2.45) is 0 Å². The van der Waals surface area contributed by atoms with Crippen LogP contribution in [-0.2, 0) is 0 Å². The number of hydrogen-bond donors (Lipinski definition) is 2. The van der Waals surface area contributed by atoms with E-state index in [0.717, 1.165) is 71.2 Å². The number of thiol groups is 1. The summed E-state index contributed by atoms with van der Waals surface area (Å²) in [6.07, 6.45) is 0. The maximum Gasteiger partial charge on any atom is 0.148 e. The lowest BCUT2D eigenvalue weighted by atomic mass is 10.2. The summed E-state index contributed by atoms with van der Waals surface area (Å²) in [5.41, 5.74) is 1.04. The molecular weight excluding hydrogens is 470 g/mol. The first-order valence-corrected chi connectivity index (χ1v) is 12.2. The number of piperazine rings is 1. The van der Waals surface area contributed by atoms with E-state index < -0.39 is 0 Å². The Kier molecular flexibility index (Phi) is 9.14. The van der Waals surface area contributed by atoms with E-state index in [1.54, 1.807) is 0 Å². The van der Waals surface area contributed by atoms with Crippen molar-refractivity contribution in [2.75, 3.05) is 44.2 Å². The molecule has 4 rings (SSSR count). The highest BCUT2D eigenvalue weighted by atomic mass is 79.9. The number of aromatic nitrogens is 2. The number of benzene rings is 2. The molecule has 3 aromatic rings. The van der Waals surface area contributed by atoms with E-state index in [0.29, 0.717) is 0 Å². The van der Waals surface area contributed by atoms with Crippen molar-refractivity contribution in [1.29, 1.82) is 0 Å². The topological polar surface area (TPSA) is 44.3 Å². The third-order valence-corrected chi connectivity index (χ3v) is 6.39. The number of nitrogens with zero attached hydrogens (tertiary/aromatic N) is 4. The molecule has 1 aliphatic rings. The summed E-state index contributed by atoms with van der Waals surface area (Å²) in [6.45, 7) is 12.7. The van der Waals surface area contributed by atoms with Crippen LogP contribution in [0.5, 0.6) is 0 Å². The predicted octanol–water partition coefficient (Wildman–Crippen LogP) is 5.18. The van der Waals surface area contributed by atoms with Gasteiger partial charge in [-0.05, 0) is 57.2 Å². The highest BCUT2D eigenvalue weighted by Gasteiger charge is 2.22. The fourth-order valence-corrected chi connectivity index (χ4v) is 4.12. The average molecular weight is 503 g/mol. The van der Waals surface area contributed by atoms with Crippen LogP contribution in [0.15, 0.2) is 57.9 Å². The third kappa shape index (κ3) is 6.42. The second kappa shape index (κ2) is 11.8. The normalized spacial score (nSPS) is 15.3. The van der Waals surface area contributed by atoms with Gasteiger partial charge in [0.05, 0.1) is 11.6 Å². The Morgan fingerprint density at radius 1 is 1.03 bits per heavy atom. The molecule has 31 heavy (non-hydrogen) atoms. The quantitative estimate of drug-likeness (QED) is 0.471. The molecule has 1 atom stereocenters. The number of nitrogens with one attached hydrogen (secondary N) is 1. The van der Waals surface area contributed by atoms with E-state index >= 15 is 0 Å². The monoisotopic (exact) mass is 501 g/mol. The molecular formula is C24H32BrN5S. The third-order valence-electron chi connectivity index (χ3n) is 5.56. The highest BCUT2D eigenvalue weighted by molar-refractivity contribution is 9.10. The Hall–Kier alpha value is -1.67. The number of fused-ring (bicyclic) bond motifs is 1. The van der Waals surface area contributed by atoms with Gasteiger partial charge in [-0.3, -0.25) is 4.90 Å². The van der Waals surface area contributed by atoms with E-state index in [4.69, 9.17) is 9.97 Å². The van der Waals surface area contributed by atoms with Gasteiger partial charge in [-0.2, -0.15) is 0 Å². The van der Waals surface area contributed by atoms with Crippen LogP contribution in [-0.4, -0.2) is 54.1 Å². The van der Waals surface area contributed by atoms with Gasteiger partial charge in [0.2, 0.25) is 0 Å². The van der Waals surface area contributed by atoms with Crippen LogP contribution in [0.2, 0.25) is 0 Å². The summed E-state index contributed by atoms with van der Waals surface area (Å²) in [5.74, 6) is 2.00. The van der Waals surface area contributed by atoms with Crippen LogP contribution in [0, 0.1) is 0 Å². The molecule has 5 nitrogen and oxygen atoms in total. The van der Waals surface area contributed by atoms with E-state index in [9.17, 15) is 0 Å². The van der Waals surface area contributed by atoms with Gasteiger partial charge in [0, 0.05) is 54.0 Å². The van der Waals surface area contributed by atoms with Gasteiger partial charge in [0.1, 0.15) is 11.6 Å². The molecule has 1 saturated heterocycles. The number of anilines is 1. The molecule has 1 aromatic heterocycles. The molecule has 166 valence electrons. The van der Waals surface area contributed by atoms with Gasteiger partial charge in [-0.25, -0.2) is 9.97 Å². The maximum atomic E-state index is 4.97. The second-order valence-electron chi connectivity index (χ2n) is 7.53. The molecule has 7 heteroatoms. The largest absolute Gasteiger partial charge is 0.357 e. The molecule has 1 aliphatic heterocycles. The van der Waals surface area contributed by atoms with Crippen molar-refractivity contribution in [1.82, 2.24) is 20.2 Å². The average Bonchev–Trinajstić information content (AvgIpc) is 2.82. The lowest BCUT2D eigenvalue weighted by Crippen LogP contribution is -2.44. The first kappa shape index (κ1) is 24.0. The van der Waals surface area contributed by atoms with Crippen molar-refractivity contribution >= 4 is 45.3 Å². The minimum atomic E-state index is 0.246. The molecule has 2 aromatic carbocycles. The molecule has 0 saturated carbocycles. The summed E-state index contributed by atoms with van der Waals surface area (Å²) < 4.78 is 1.09. The molecule has 0 spiro atoms. The van der Waals surface area contributed by atoms with Crippen LogP contribution in [0.4, 0.5) is 5.82 Å². The molecule has 0 amide bonds. The van der Waals surface area contributed by atoms with E-state index in [1.807, 2.05) is 24.3 Å². The minimum Gasteiger partial charge on any atom is -0.357 e. The summed E-state index contributed by atoms with van der Waals surface area (Å²) >= 11 is 7.42. The number of para-hydroxylation sites is 1. The molecule has 0 aliphatic carbocycles. The molecule has 1 unspecified atom stereocenters. The van der Waals surface area contributed by atoms with E-state index in [2.05, 4.69) is 88.7 Å². The van der Waals surface area contributed by atoms with Crippen molar-refractivity contribution in [3.63, 3.8) is 0 Å². The Morgan fingerprint density at radius 2 is 1.68 bits per heavy atom. The zero-order valence-corrected chi connectivity index (χ0v) is 21.0. The molecule has 1 N–H and O–H groups in total. The van der Waals surface area contributed by atoms with Crippen molar-refractivity contribution in [3.8, 4) is 0 Å². The first-order chi connectivity index (χ1) is 15.0. The SMILES string of the molecule is CCN(CC)c1nc(C(C)N2CCNCC2)nc2ccccc12.Sc1ccc(Br)cc1. The summed E-state index contributed by atoms with van der Waals surface area (Å²) in [6, 6.07) is 16.4. The fraction of sp³-hybridized carbons (Fsp3) is 0.417. The van der Waals surface area contributed by atoms with Crippen LogP contribution >= 0.6 is 28.6 Å². The number of halogens is 1. The molecule has 0 bridgehead atoms. The maximum absolute atomic E-state index is 4.97. The highest BCUT2D eigenvalue weighted by Crippen LogP contribution is 2.27. The minimum absolute atomic E-state index is 0.246. The second-order valence-corrected chi connectivity index (χ2v) is 8.97. The Bertz CT molecular complexity index is 935. The summed E-state index contributed by atoms with van der Waals surface area (Å²) in [7, 11) is 0. The zero-order chi connectivity index (χ0) is 22.2. The van der Waals surface area contributed by atoms with Crippen molar-refractivity contribution < 1.29 is 0 Å². The summed E-state index contributed by atoms with van der Waals surface area (Å²) in [4.78, 5) is 15.6. The van der Waals surface area contributed by atoms with Crippen LogP contribution < -0.4 is 10.2 Å². The van der Waals surface area contributed by atoms with E-state index in [-0.39, 0.29) is 6.04 Å². The van der Waals surface area contributed by atoms with Crippen LogP contribution in [0.1, 0.15) is 32.6 Å². The Labute approximate surface area is 199 Å². The molecule has 1 fully saturated rings. The van der Waals surface area contributed by atoms with Gasteiger partial charge in [-0.1, -0.05) is 28.1 Å². The summed E-state index contributed by atoms with van der Waals surface area (Å²) in [5, 5.41) is 4.55. The smallest absolute Gasteiger partial charge is 0.148 e. The zero-order valence-electron chi connectivity index (χ0n) is 18.6. The number of rotatable bonds is 5. The van der Waals surface area contributed by atoms with Gasteiger partial charge in [-0.15, -0.1) is 12.6 Å². The first-order valence-electron chi connectivity index (χ1n) is 10.9. The van der Waals surface area contributed by atoms with Crippen molar-refractivity contribution in [3.05, 3.63) is 58.8 Å². The number of hydrogen-bond acceptors (Lipinski definition) is 6. The van der Waals surface area contributed by atoms with Crippen molar-refractivity contribution in [2.45, 2.75) is 31.7 Å². The van der Waals surface area contributed by atoms with Gasteiger partial charge in [0.15, 0.2) is 0 Å². The lowest BCUT2D eigenvalue weighted by Gasteiger charge is -2.32. The van der Waals surface area contributed by atoms with E-state index in [1.165, 1.54) is 0 Å². The van der Waals surface area contributed by atoms with Crippen LogP contribution in [0.25, 0.3) is 10.9 Å². The van der Waals surface area contributed by atoms with Crippen LogP contribution in [0.3, 0.4) is 0 Å². The van der Waals surface area contributed by atoms with Gasteiger partial charge >= 0.3 is 0 Å². The Morgan fingerprint density at radius 3 is 2.29 bits per heavy atom.